The highest BCUT2D eigenvalue weighted by Crippen LogP contribution is 2.26. The first kappa shape index (κ1) is 10.6. The van der Waals surface area contributed by atoms with Crippen molar-refractivity contribution in [2.45, 2.75) is 33.2 Å². The van der Waals surface area contributed by atoms with Crippen LogP contribution in [0.4, 0.5) is 0 Å². The van der Waals surface area contributed by atoms with Crippen molar-refractivity contribution in [3.63, 3.8) is 0 Å². The Hall–Kier alpha value is -1.57. The maximum absolute atomic E-state index is 4.78. The molecule has 0 bridgehead atoms. The second-order valence-electron chi connectivity index (χ2n) is 5.15. The smallest absolute Gasteiger partial charge is 0.109 e. The van der Waals surface area contributed by atoms with Gasteiger partial charge in [-0.05, 0) is 24.8 Å². The number of nitrogens with zero attached hydrogens (tertiary/aromatic N) is 2. The fourth-order valence-electron chi connectivity index (χ4n) is 2.60. The summed E-state index contributed by atoms with van der Waals surface area (Å²) in [6, 6.07) is 8.48. The summed E-state index contributed by atoms with van der Waals surface area (Å²) in [5.41, 5.74) is 3.70. The number of rotatable bonds is 1. The zero-order valence-electron chi connectivity index (χ0n) is 10.5. The molecule has 0 saturated carbocycles. The van der Waals surface area contributed by atoms with Crippen LogP contribution < -0.4 is 0 Å². The number of hydrogen-bond acceptors (Lipinski definition) is 1. The highest BCUT2D eigenvalue weighted by molar-refractivity contribution is 5.62. The largest absolute Gasteiger partial charge is 0.334 e. The molecule has 0 spiro atoms. The Morgan fingerprint density at radius 2 is 2.12 bits per heavy atom. The van der Waals surface area contributed by atoms with E-state index in [9.17, 15) is 0 Å². The molecule has 0 aliphatic carbocycles. The second kappa shape index (κ2) is 4.02. The molecule has 1 aromatic heterocycles. The molecule has 2 nitrogen and oxygen atoms in total. The molecule has 0 saturated heterocycles. The predicted octanol–water partition coefficient (Wildman–Crippen LogP) is 3.44. The van der Waals surface area contributed by atoms with Crippen molar-refractivity contribution < 1.29 is 0 Å². The summed E-state index contributed by atoms with van der Waals surface area (Å²) < 4.78 is 2.33. The normalized spacial score (nSPS) is 19.1. The van der Waals surface area contributed by atoms with Gasteiger partial charge in [-0.2, -0.15) is 0 Å². The molecule has 1 atom stereocenters. The van der Waals surface area contributed by atoms with Crippen molar-refractivity contribution in [3.8, 4) is 11.3 Å². The Labute approximate surface area is 102 Å². The van der Waals surface area contributed by atoms with Gasteiger partial charge in [0, 0.05) is 24.7 Å². The molecule has 1 aliphatic heterocycles. The lowest BCUT2D eigenvalue weighted by atomic mass is 10.0. The Morgan fingerprint density at radius 3 is 2.94 bits per heavy atom. The molecular formula is C15H18N2. The molecular weight excluding hydrogens is 208 g/mol. The first-order valence-corrected chi connectivity index (χ1v) is 6.36. The number of aromatic nitrogens is 2. The first-order valence-electron chi connectivity index (χ1n) is 6.36. The number of hydrogen-bond donors (Lipinski definition) is 0. The standard InChI is InChI=1S/C15H18N2/c1-11-7-8-15-16-14(10-17(15)9-11)13-6-4-3-5-12(13)2/h3-6,10-11H,7-9H2,1-2H3. The highest BCUT2D eigenvalue weighted by atomic mass is 15.1. The van der Waals surface area contributed by atoms with Crippen LogP contribution in [0, 0.1) is 12.8 Å². The fraction of sp³-hybridized carbons (Fsp3) is 0.400. The minimum Gasteiger partial charge on any atom is -0.334 e. The van der Waals surface area contributed by atoms with Gasteiger partial charge in [-0.15, -0.1) is 0 Å². The molecule has 0 fully saturated rings. The summed E-state index contributed by atoms with van der Waals surface area (Å²) in [5, 5.41) is 0. The monoisotopic (exact) mass is 226 g/mol. The average Bonchev–Trinajstić information content (AvgIpc) is 2.72. The Balaban J connectivity index is 2.03. The molecule has 2 heterocycles. The van der Waals surface area contributed by atoms with Gasteiger partial charge in [-0.1, -0.05) is 31.2 Å². The van der Waals surface area contributed by atoms with Gasteiger partial charge in [0.1, 0.15) is 5.82 Å². The lowest BCUT2D eigenvalue weighted by Crippen LogP contribution is -2.17. The molecule has 0 radical (unpaired) electrons. The molecule has 2 heteroatoms. The van der Waals surface area contributed by atoms with Gasteiger partial charge >= 0.3 is 0 Å². The Kier molecular flexibility index (Phi) is 2.50. The van der Waals surface area contributed by atoms with Crippen LogP contribution >= 0.6 is 0 Å². The van der Waals surface area contributed by atoms with Crippen molar-refractivity contribution in [2.75, 3.05) is 0 Å². The number of aryl methyl sites for hydroxylation is 2. The molecule has 3 rings (SSSR count). The number of benzene rings is 1. The van der Waals surface area contributed by atoms with Gasteiger partial charge in [-0.3, -0.25) is 0 Å². The van der Waals surface area contributed by atoms with E-state index in [2.05, 4.69) is 48.9 Å². The van der Waals surface area contributed by atoms with E-state index >= 15 is 0 Å². The summed E-state index contributed by atoms with van der Waals surface area (Å²) in [6.07, 6.45) is 4.60. The zero-order chi connectivity index (χ0) is 11.8. The summed E-state index contributed by atoms with van der Waals surface area (Å²) >= 11 is 0. The van der Waals surface area contributed by atoms with Crippen LogP contribution in [0.3, 0.4) is 0 Å². The highest BCUT2D eigenvalue weighted by Gasteiger charge is 2.17. The lowest BCUT2D eigenvalue weighted by molar-refractivity contribution is 0.394. The minimum atomic E-state index is 0.779. The molecule has 1 aliphatic rings. The molecule has 0 N–H and O–H groups in total. The van der Waals surface area contributed by atoms with Crippen LogP contribution in [0.15, 0.2) is 30.5 Å². The summed E-state index contributed by atoms with van der Waals surface area (Å²) in [4.78, 5) is 4.78. The zero-order valence-corrected chi connectivity index (χ0v) is 10.5. The summed E-state index contributed by atoms with van der Waals surface area (Å²) in [6.45, 7) is 5.58. The maximum Gasteiger partial charge on any atom is 0.109 e. The van der Waals surface area contributed by atoms with Crippen LogP contribution in [0.2, 0.25) is 0 Å². The number of imidazole rings is 1. The fourth-order valence-corrected chi connectivity index (χ4v) is 2.60. The number of fused-ring (bicyclic) bond motifs is 1. The van der Waals surface area contributed by atoms with E-state index < -0.39 is 0 Å². The van der Waals surface area contributed by atoms with Crippen molar-refractivity contribution >= 4 is 0 Å². The third-order valence-electron chi connectivity index (χ3n) is 3.65. The van der Waals surface area contributed by atoms with Crippen LogP contribution in [-0.2, 0) is 13.0 Å². The van der Waals surface area contributed by atoms with E-state index in [1.165, 1.54) is 23.4 Å². The van der Waals surface area contributed by atoms with Crippen molar-refractivity contribution in [3.05, 3.63) is 41.9 Å². The van der Waals surface area contributed by atoms with Crippen molar-refractivity contribution in [1.82, 2.24) is 9.55 Å². The second-order valence-corrected chi connectivity index (χ2v) is 5.15. The van der Waals surface area contributed by atoms with Gasteiger partial charge in [0.25, 0.3) is 0 Å². The predicted molar refractivity (Wildman–Crippen MR) is 69.9 cm³/mol. The van der Waals surface area contributed by atoms with Gasteiger partial charge in [0.05, 0.1) is 5.69 Å². The molecule has 0 amide bonds. The van der Waals surface area contributed by atoms with Gasteiger partial charge in [0.2, 0.25) is 0 Å². The van der Waals surface area contributed by atoms with Crippen LogP contribution in [0.5, 0.6) is 0 Å². The Bertz CT molecular complexity index is 540. The van der Waals surface area contributed by atoms with E-state index in [0.717, 1.165) is 24.6 Å². The Morgan fingerprint density at radius 1 is 1.29 bits per heavy atom. The third kappa shape index (κ3) is 1.88. The van der Waals surface area contributed by atoms with Crippen LogP contribution in [-0.4, -0.2) is 9.55 Å². The van der Waals surface area contributed by atoms with Gasteiger partial charge in [0.15, 0.2) is 0 Å². The van der Waals surface area contributed by atoms with Crippen LogP contribution in [0.1, 0.15) is 24.7 Å². The van der Waals surface area contributed by atoms with Crippen LogP contribution in [0.25, 0.3) is 11.3 Å². The van der Waals surface area contributed by atoms with E-state index in [1.54, 1.807) is 0 Å². The average molecular weight is 226 g/mol. The van der Waals surface area contributed by atoms with E-state index in [1.807, 2.05) is 0 Å². The first-order chi connectivity index (χ1) is 8.24. The van der Waals surface area contributed by atoms with Gasteiger partial charge < -0.3 is 4.57 Å². The summed E-state index contributed by atoms with van der Waals surface area (Å²) in [5.74, 6) is 2.03. The molecule has 17 heavy (non-hydrogen) atoms. The molecule has 1 unspecified atom stereocenters. The topological polar surface area (TPSA) is 17.8 Å². The quantitative estimate of drug-likeness (QED) is 0.728. The van der Waals surface area contributed by atoms with Crippen molar-refractivity contribution in [2.24, 2.45) is 5.92 Å². The van der Waals surface area contributed by atoms with Gasteiger partial charge in [-0.25, -0.2) is 4.98 Å². The third-order valence-corrected chi connectivity index (χ3v) is 3.65. The SMILES string of the molecule is Cc1ccccc1-c1cn2c(n1)CCC(C)C2. The van der Waals surface area contributed by atoms with E-state index in [0.29, 0.717) is 0 Å². The minimum absolute atomic E-state index is 0.779. The molecule has 1 aromatic carbocycles. The van der Waals surface area contributed by atoms with E-state index in [4.69, 9.17) is 4.98 Å². The summed E-state index contributed by atoms with van der Waals surface area (Å²) in [7, 11) is 0. The maximum atomic E-state index is 4.78. The van der Waals surface area contributed by atoms with E-state index in [-0.39, 0.29) is 0 Å². The molecule has 2 aromatic rings. The lowest BCUT2D eigenvalue weighted by Gasteiger charge is -2.19. The van der Waals surface area contributed by atoms with Crippen molar-refractivity contribution in [1.29, 1.82) is 0 Å². The molecule has 88 valence electrons.